The SMILES string of the molecule is CCc1ccc(C(CN)N(C)CCN2CCCC2)s1. The molecule has 1 unspecified atom stereocenters. The van der Waals surface area contributed by atoms with E-state index in [1.165, 1.54) is 42.2 Å². The fourth-order valence-corrected chi connectivity index (χ4v) is 3.87. The van der Waals surface area contributed by atoms with Crippen molar-refractivity contribution in [3.8, 4) is 0 Å². The third kappa shape index (κ3) is 4.02. The lowest BCUT2D eigenvalue weighted by Gasteiger charge is -2.28. The van der Waals surface area contributed by atoms with Gasteiger partial charge in [-0.05, 0) is 51.5 Å². The van der Waals surface area contributed by atoms with E-state index >= 15 is 0 Å². The van der Waals surface area contributed by atoms with Crippen molar-refractivity contribution in [3.05, 3.63) is 21.9 Å². The van der Waals surface area contributed by atoms with Gasteiger partial charge in [0.1, 0.15) is 0 Å². The van der Waals surface area contributed by atoms with Gasteiger partial charge in [0.05, 0.1) is 6.04 Å². The Kier molecular flexibility index (Phi) is 5.82. The summed E-state index contributed by atoms with van der Waals surface area (Å²) in [6, 6.07) is 4.89. The Morgan fingerprint density at radius 3 is 2.68 bits per heavy atom. The summed E-state index contributed by atoms with van der Waals surface area (Å²) in [5, 5.41) is 0. The van der Waals surface area contributed by atoms with Crippen LogP contribution in [0.4, 0.5) is 0 Å². The minimum absolute atomic E-state index is 0.382. The first-order chi connectivity index (χ1) is 9.24. The first kappa shape index (κ1) is 15.0. The van der Waals surface area contributed by atoms with E-state index in [-0.39, 0.29) is 0 Å². The molecule has 108 valence electrons. The van der Waals surface area contributed by atoms with Crippen LogP contribution in [0.1, 0.15) is 35.6 Å². The number of likely N-dealkylation sites (tertiary alicyclic amines) is 1. The van der Waals surface area contributed by atoms with E-state index in [9.17, 15) is 0 Å². The van der Waals surface area contributed by atoms with Crippen molar-refractivity contribution in [2.75, 3.05) is 39.8 Å². The van der Waals surface area contributed by atoms with Crippen molar-refractivity contribution >= 4 is 11.3 Å². The third-order valence-electron chi connectivity index (χ3n) is 4.08. The molecule has 1 aliphatic rings. The maximum absolute atomic E-state index is 5.99. The molecule has 0 aliphatic carbocycles. The number of nitrogens with zero attached hydrogens (tertiary/aromatic N) is 2. The van der Waals surface area contributed by atoms with Crippen LogP contribution in [-0.2, 0) is 6.42 Å². The molecule has 1 aromatic rings. The Morgan fingerprint density at radius 2 is 2.11 bits per heavy atom. The van der Waals surface area contributed by atoms with E-state index in [1.807, 2.05) is 11.3 Å². The quantitative estimate of drug-likeness (QED) is 0.832. The van der Waals surface area contributed by atoms with Crippen LogP contribution in [0.15, 0.2) is 12.1 Å². The van der Waals surface area contributed by atoms with Gasteiger partial charge in [-0.3, -0.25) is 4.90 Å². The zero-order valence-electron chi connectivity index (χ0n) is 12.3. The van der Waals surface area contributed by atoms with Crippen LogP contribution in [0, 0.1) is 0 Å². The van der Waals surface area contributed by atoms with Crippen molar-refractivity contribution in [3.63, 3.8) is 0 Å². The van der Waals surface area contributed by atoms with Gasteiger partial charge in [-0.1, -0.05) is 6.92 Å². The summed E-state index contributed by atoms with van der Waals surface area (Å²) in [7, 11) is 2.21. The lowest BCUT2D eigenvalue weighted by molar-refractivity contribution is 0.212. The van der Waals surface area contributed by atoms with Gasteiger partial charge < -0.3 is 10.6 Å². The Bertz CT molecular complexity index is 371. The summed E-state index contributed by atoms with van der Waals surface area (Å²) in [5.41, 5.74) is 5.99. The normalized spacial score (nSPS) is 18.3. The Hall–Kier alpha value is -0.420. The Morgan fingerprint density at radius 1 is 1.37 bits per heavy atom. The van der Waals surface area contributed by atoms with Crippen molar-refractivity contribution in [2.45, 2.75) is 32.2 Å². The van der Waals surface area contributed by atoms with Gasteiger partial charge in [0, 0.05) is 29.4 Å². The fourth-order valence-electron chi connectivity index (χ4n) is 2.74. The minimum Gasteiger partial charge on any atom is -0.329 e. The molecule has 4 heteroatoms. The summed E-state index contributed by atoms with van der Waals surface area (Å²) >= 11 is 1.92. The number of nitrogens with two attached hydrogens (primary N) is 1. The zero-order chi connectivity index (χ0) is 13.7. The second-order valence-electron chi connectivity index (χ2n) is 5.44. The van der Waals surface area contributed by atoms with E-state index in [2.05, 4.69) is 35.9 Å². The van der Waals surface area contributed by atoms with Crippen molar-refractivity contribution in [2.24, 2.45) is 5.73 Å². The number of rotatable bonds is 7. The summed E-state index contributed by atoms with van der Waals surface area (Å²) in [6.45, 7) is 7.77. The highest BCUT2D eigenvalue weighted by Gasteiger charge is 2.19. The third-order valence-corrected chi connectivity index (χ3v) is 5.41. The van der Waals surface area contributed by atoms with Crippen LogP contribution in [-0.4, -0.2) is 49.6 Å². The summed E-state index contributed by atoms with van der Waals surface area (Å²) in [4.78, 5) is 7.86. The molecule has 1 saturated heterocycles. The van der Waals surface area contributed by atoms with E-state index < -0.39 is 0 Å². The average molecular weight is 281 g/mol. The largest absolute Gasteiger partial charge is 0.329 e. The lowest BCUT2D eigenvalue weighted by atomic mass is 10.2. The van der Waals surface area contributed by atoms with Crippen LogP contribution in [0.25, 0.3) is 0 Å². The molecule has 0 bridgehead atoms. The van der Waals surface area contributed by atoms with E-state index in [1.54, 1.807) is 0 Å². The van der Waals surface area contributed by atoms with Crippen molar-refractivity contribution < 1.29 is 0 Å². The monoisotopic (exact) mass is 281 g/mol. The molecule has 0 amide bonds. The van der Waals surface area contributed by atoms with Gasteiger partial charge >= 0.3 is 0 Å². The maximum Gasteiger partial charge on any atom is 0.0562 e. The number of thiophene rings is 1. The molecule has 2 heterocycles. The van der Waals surface area contributed by atoms with Gasteiger partial charge in [0.15, 0.2) is 0 Å². The Balaban J connectivity index is 1.88. The van der Waals surface area contributed by atoms with E-state index in [0.29, 0.717) is 12.6 Å². The Labute approximate surface area is 121 Å². The van der Waals surface area contributed by atoms with Crippen LogP contribution in [0.2, 0.25) is 0 Å². The van der Waals surface area contributed by atoms with Crippen LogP contribution < -0.4 is 5.73 Å². The maximum atomic E-state index is 5.99. The zero-order valence-corrected chi connectivity index (χ0v) is 13.1. The predicted molar refractivity (Wildman–Crippen MR) is 83.8 cm³/mol. The molecule has 1 fully saturated rings. The van der Waals surface area contributed by atoms with Crippen molar-refractivity contribution in [1.82, 2.24) is 9.80 Å². The van der Waals surface area contributed by atoms with Gasteiger partial charge in [-0.15, -0.1) is 11.3 Å². The lowest BCUT2D eigenvalue weighted by Crippen LogP contribution is -2.36. The van der Waals surface area contributed by atoms with E-state index in [4.69, 9.17) is 5.73 Å². The molecule has 0 saturated carbocycles. The first-order valence-corrected chi connectivity index (χ1v) is 8.27. The summed E-state index contributed by atoms with van der Waals surface area (Å²) in [6.07, 6.45) is 3.86. The van der Waals surface area contributed by atoms with Gasteiger partial charge in [-0.2, -0.15) is 0 Å². The molecule has 0 spiro atoms. The second kappa shape index (κ2) is 7.39. The smallest absolute Gasteiger partial charge is 0.0562 e. The number of hydrogen-bond donors (Lipinski definition) is 1. The van der Waals surface area contributed by atoms with Gasteiger partial charge in [0.2, 0.25) is 0 Å². The van der Waals surface area contributed by atoms with Gasteiger partial charge in [0.25, 0.3) is 0 Å². The molecule has 2 rings (SSSR count). The molecule has 0 aromatic carbocycles. The average Bonchev–Trinajstić information content (AvgIpc) is 3.08. The van der Waals surface area contributed by atoms with Crippen LogP contribution in [0.3, 0.4) is 0 Å². The van der Waals surface area contributed by atoms with Gasteiger partial charge in [-0.25, -0.2) is 0 Å². The minimum atomic E-state index is 0.382. The highest BCUT2D eigenvalue weighted by Crippen LogP contribution is 2.26. The number of aryl methyl sites for hydroxylation is 1. The summed E-state index contributed by atoms with van der Waals surface area (Å²) in [5.74, 6) is 0. The predicted octanol–water partition coefficient (Wildman–Crippen LogP) is 2.34. The molecule has 2 N–H and O–H groups in total. The summed E-state index contributed by atoms with van der Waals surface area (Å²) < 4.78 is 0. The van der Waals surface area contributed by atoms with Crippen LogP contribution in [0.5, 0.6) is 0 Å². The second-order valence-corrected chi connectivity index (χ2v) is 6.64. The first-order valence-electron chi connectivity index (χ1n) is 7.46. The number of hydrogen-bond acceptors (Lipinski definition) is 4. The van der Waals surface area contributed by atoms with Crippen LogP contribution >= 0.6 is 11.3 Å². The molecule has 3 nitrogen and oxygen atoms in total. The topological polar surface area (TPSA) is 32.5 Å². The highest BCUT2D eigenvalue weighted by molar-refractivity contribution is 7.12. The molecule has 1 atom stereocenters. The molecule has 0 radical (unpaired) electrons. The molecular formula is C15H27N3S. The number of likely N-dealkylation sites (N-methyl/N-ethyl adjacent to an activating group) is 1. The molecule has 19 heavy (non-hydrogen) atoms. The molecule has 1 aromatic heterocycles. The van der Waals surface area contributed by atoms with E-state index in [0.717, 1.165) is 13.0 Å². The molecule has 1 aliphatic heterocycles. The van der Waals surface area contributed by atoms with Crippen molar-refractivity contribution in [1.29, 1.82) is 0 Å². The standard InChI is InChI=1S/C15H27N3S/c1-3-13-6-7-15(19-13)14(12-16)17(2)10-11-18-8-4-5-9-18/h6-7,14H,3-5,8-12,16H2,1-2H3. The fraction of sp³-hybridized carbons (Fsp3) is 0.733. The highest BCUT2D eigenvalue weighted by atomic mass is 32.1. The molecular weight excluding hydrogens is 254 g/mol.